The van der Waals surface area contributed by atoms with Crippen LogP contribution in [0.1, 0.15) is 50.1 Å². The van der Waals surface area contributed by atoms with Gasteiger partial charge in [-0.1, -0.05) is 0 Å². The topological polar surface area (TPSA) is 51.2 Å². The number of hydrogen-bond acceptors (Lipinski definition) is 5. The van der Waals surface area contributed by atoms with E-state index in [4.69, 9.17) is 4.74 Å². The molecule has 0 radical (unpaired) electrons. The van der Waals surface area contributed by atoms with E-state index in [1.54, 1.807) is 11.3 Å². The third-order valence-electron chi connectivity index (χ3n) is 2.94. The van der Waals surface area contributed by atoms with Crippen LogP contribution in [0.3, 0.4) is 0 Å². The first kappa shape index (κ1) is 13.3. The van der Waals surface area contributed by atoms with Crippen molar-refractivity contribution < 1.29 is 9.53 Å². The molecule has 5 heteroatoms. The first-order valence-corrected chi connectivity index (χ1v) is 7.36. The largest absolute Gasteiger partial charge is 0.465 e. The van der Waals surface area contributed by atoms with Gasteiger partial charge in [-0.25, -0.2) is 4.98 Å². The molecular weight excluding hydrogens is 248 g/mol. The van der Waals surface area contributed by atoms with Gasteiger partial charge in [0.2, 0.25) is 0 Å². The molecule has 1 heterocycles. The summed E-state index contributed by atoms with van der Waals surface area (Å²) in [5.41, 5.74) is 0.938. The van der Waals surface area contributed by atoms with E-state index in [2.05, 4.69) is 24.1 Å². The molecule has 1 unspecified atom stereocenters. The number of ether oxygens (including phenoxy) is 1. The molecule has 0 aromatic carbocycles. The Kier molecular flexibility index (Phi) is 4.22. The molecule has 0 spiro atoms. The lowest BCUT2D eigenvalue weighted by Gasteiger charge is -2.19. The maximum absolute atomic E-state index is 11.9. The van der Waals surface area contributed by atoms with Gasteiger partial charge in [-0.2, -0.15) is 0 Å². The van der Waals surface area contributed by atoms with Crippen LogP contribution >= 0.6 is 11.3 Å². The summed E-state index contributed by atoms with van der Waals surface area (Å²) in [7, 11) is 0. The van der Waals surface area contributed by atoms with E-state index in [0.717, 1.165) is 30.1 Å². The third kappa shape index (κ3) is 2.83. The van der Waals surface area contributed by atoms with Crippen LogP contribution in [0.5, 0.6) is 0 Å². The summed E-state index contributed by atoms with van der Waals surface area (Å²) in [6.45, 7) is 6.45. The van der Waals surface area contributed by atoms with Crippen molar-refractivity contribution in [1.82, 2.24) is 4.98 Å². The molecule has 1 atom stereocenters. The van der Waals surface area contributed by atoms with Crippen LogP contribution in [0.2, 0.25) is 0 Å². The highest BCUT2D eigenvalue weighted by Gasteiger charge is 2.31. The quantitative estimate of drug-likeness (QED) is 0.853. The van der Waals surface area contributed by atoms with Gasteiger partial charge < -0.3 is 10.1 Å². The van der Waals surface area contributed by atoms with Crippen LogP contribution in [0.15, 0.2) is 0 Å². The minimum absolute atomic E-state index is 0.125. The first-order chi connectivity index (χ1) is 8.61. The number of anilines is 1. The summed E-state index contributed by atoms with van der Waals surface area (Å²) < 4.78 is 5.13. The van der Waals surface area contributed by atoms with Crippen molar-refractivity contribution >= 4 is 22.4 Å². The minimum atomic E-state index is -0.160. The fourth-order valence-corrected chi connectivity index (χ4v) is 3.41. The van der Waals surface area contributed by atoms with Gasteiger partial charge in [0.25, 0.3) is 0 Å². The van der Waals surface area contributed by atoms with Crippen LogP contribution in [0.4, 0.5) is 5.13 Å². The van der Waals surface area contributed by atoms with Gasteiger partial charge in [0.05, 0.1) is 12.3 Å². The summed E-state index contributed by atoms with van der Waals surface area (Å²) >= 11 is 1.67. The smallest absolute Gasteiger partial charge is 0.315 e. The lowest BCUT2D eigenvalue weighted by atomic mass is 9.91. The summed E-state index contributed by atoms with van der Waals surface area (Å²) in [5.74, 6) is -0.285. The second-order valence-electron chi connectivity index (χ2n) is 4.82. The van der Waals surface area contributed by atoms with Gasteiger partial charge >= 0.3 is 5.97 Å². The number of nitrogens with one attached hydrogen (secondary N) is 1. The normalized spacial score (nSPS) is 18.6. The number of aryl methyl sites for hydroxylation is 1. The summed E-state index contributed by atoms with van der Waals surface area (Å²) in [4.78, 5) is 17.7. The predicted molar refractivity (Wildman–Crippen MR) is 73.2 cm³/mol. The van der Waals surface area contributed by atoms with E-state index in [-0.39, 0.29) is 11.9 Å². The fourth-order valence-electron chi connectivity index (χ4n) is 2.20. The zero-order chi connectivity index (χ0) is 13.1. The Morgan fingerprint density at radius 1 is 1.61 bits per heavy atom. The molecular formula is C13H20N2O2S. The van der Waals surface area contributed by atoms with Crippen molar-refractivity contribution in [3.05, 3.63) is 10.6 Å². The van der Waals surface area contributed by atoms with Crippen molar-refractivity contribution in [2.45, 2.75) is 52.0 Å². The average molecular weight is 268 g/mol. The van der Waals surface area contributed by atoms with Crippen LogP contribution in [-0.2, 0) is 16.0 Å². The molecule has 0 amide bonds. The highest BCUT2D eigenvalue weighted by atomic mass is 32.1. The van der Waals surface area contributed by atoms with Crippen molar-refractivity contribution in [2.24, 2.45) is 0 Å². The van der Waals surface area contributed by atoms with E-state index in [0.29, 0.717) is 12.6 Å². The van der Waals surface area contributed by atoms with E-state index >= 15 is 0 Å². The van der Waals surface area contributed by atoms with E-state index < -0.39 is 0 Å². The van der Waals surface area contributed by atoms with Gasteiger partial charge in [0.15, 0.2) is 5.13 Å². The van der Waals surface area contributed by atoms with E-state index in [1.165, 1.54) is 4.88 Å². The zero-order valence-corrected chi connectivity index (χ0v) is 12.0. The van der Waals surface area contributed by atoms with Crippen LogP contribution in [-0.4, -0.2) is 23.6 Å². The molecule has 2 rings (SSSR count). The monoisotopic (exact) mass is 268 g/mol. The lowest BCUT2D eigenvalue weighted by molar-refractivity contribution is -0.145. The maximum atomic E-state index is 11.9. The Balaban J connectivity index is 2.20. The Labute approximate surface area is 112 Å². The van der Waals surface area contributed by atoms with Crippen molar-refractivity contribution in [2.75, 3.05) is 11.9 Å². The summed E-state index contributed by atoms with van der Waals surface area (Å²) in [6.07, 6.45) is 2.93. The van der Waals surface area contributed by atoms with Crippen molar-refractivity contribution in [3.8, 4) is 0 Å². The zero-order valence-electron chi connectivity index (χ0n) is 11.2. The highest BCUT2D eigenvalue weighted by molar-refractivity contribution is 7.15. The maximum Gasteiger partial charge on any atom is 0.315 e. The van der Waals surface area contributed by atoms with Crippen LogP contribution in [0, 0.1) is 0 Å². The number of carbonyl (C=O) groups excluding carboxylic acids is 1. The van der Waals surface area contributed by atoms with Gasteiger partial charge in [-0.15, -0.1) is 11.3 Å². The number of aromatic nitrogens is 1. The van der Waals surface area contributed by atoms with Gasteiger partial charge in [0, 0.05) is 10.9 Å². The number of carbonyl (C=O) groups is 1. The second kappa shape index (κ2) is 5.69. The number of thiazole rings is 1. The Hall–Kier alpha value is -1.10. The van der Waals surface area contributed by atoms with Crippen molar-refractivity contribution in [1.29, 1.82) is 0 Å². The molecule has 0 aliphatic heterocycles. The molecule has 0 bridgehead atoms. The molecule has 1 aliphatic rings. The third-order valence-corrected chi connectivity index (χ3v) is 4.00. The number of fused-ring (bicyclic) bond motifs is 1. The number of hydrogen-bond donors (Lipinski definition) is 1. The minimum Gasteiger partial charge on any atom is -0.465 e. The van der Waals surface area contributed by atoms with Gasteiger partial charge in [-0.05, 0) is 40.0 Å². The molecule has 1 N–H and O–H groups in total. The number of rotatable bonds is 4. The van der Waals surface area contributed by atoms with Gasteiger partial charge in [0.1, 0.15) is 5.92 Å². The lowest BCUT2D eigenvalue weighted by Crippen LogP contribution is -2.20. The highest BCUT2D eigenvalue weighted by Crippen LogP contribution is 2.37. The molecule has 0 saturated carbocycles. The number of nitrogens with zero attached hydrogens (tertiary/aromatic N) is 1. The first-order valence-electron chi connectivity index (χ1n) is 6.54. The molecule has 0 saturated heterocycles. The second-order valence-corrected chi connectivity index (χ2v) is 5.91. The molecule has 1 aliphatic carbocycles. The molecule has 18 heavy (non-hydrogen) atoms. The number of esters is 1. The Morgan fingerprint density at radius 2 is 2.39 bits per heavy atom. The molecule has 1 aromatic heterocycles. The Morgan fingerprint density at radius 3 is 3.06 bits per heavy atom. The molecule has 4 nitrogen and oxygen atoms in total. The summed E-state index contributed by atoms with van der Waals surface area (Å²) in [6, 6.07) is 0.360. The van der Waals surface area contributed by atoms with Crippen molar-refractivity contribution in [3.63, 3.8) is 0 Å². The summed E-state index contributed by atoms with van der Waals surface area (Å²) in [5, 5.41) is 4.23. The molecule has 1 aromatic rings. The predicted octanol–water partition coefficient (Wildman–Crippen LogP) is 2.95. The van der Waals surface area contributed by atoms with Gasteiger partial charge in [-0.3, -0.25) is 4.79 Å². The van der Waals surface area contributed by atoms with E-state index in [9.17, 15) is 4.79 Å². The van der Waals surface area contributed by atoms with Crippen LogP contribution in [0.25, 0.3) is 0 Å². The fraction of sp³-hybridized carbons (Fsp3) is 0.692. The van der Waals surface area contributed by atoms with E-state index in [1.807, 2.05) is 6.92 Å². The SMILES string of the molecule is CCOC(=O)C1CCCc2sc(NC(C)C)nc21. The molecule has 100 valence electrons. The molecule has 0 fully saturated rings. The standard InChI is InChI=1S/C13H20N2O2S/c1-4-17-12(16)9-6-5-7-10-11(9)15-13(18-10)14-8(2)3/h8-9H,4-7H2,1-3H3,(H,14,15). The van der Waals surface area contributed by atoms with Crippen LogP contribution < -0.4 is 5.32 Å². The average Bonchev–Trinajstić information content (AvgIpc) is 2.69. The Bertz CT molecular complexity index is 429.